The fraction of sp³-hybridized carbons (Fsp3) is 0.533. The predicted octanol–water partition coefficient (Wildman–Crippen LogP) is 2.84. The zero-order valence-corrected chi connectivity index (χ0v) is 13.4. The number of hydrogen-bond donors (Lipinski definition) is 1. The van der Waals surface area contributed by atoms with Crippen LogP contribution in [0.25, 0.3) is 0 Å². The van der Waals surface area contributed by atoms with Crippen LogP contribution < -0.4 is 5.32 Å². The second-order valence-corrected chi connectivity index (χ2v) is 8.63. The highest BCUT2D eigenvalue weighted by atomic mass is 35.7. The first-order valence-corrected chi connectivity index (χ1v) is 9.53. The molecule has 0 saturated heterocycles. The number of amides is 1. The van der Waals surface area contributed by atoms with Crippen molar-refractivity contribution in [2.45, 2.75) is 43.5 Å². The molecule has 0 spiro atoms. The molecule has 21 heavy (non-hydrogen) atoms. The zero-order chi connectivity index (χ0) is 15.2. The number of carbonyl (C=O) groups excluding carboxylic acids is 1. The van der Waals surface area contributed by atoms with Gasteiger partial charge in [0.1, 0.15) is 0 Å². The van der Waals surface area contributed by atoms with E-state index in [1.807, 2.05) is 0 Å². The Morgan fingerprint density at radius 1 is 1.24 bits per heavy atom. The van der Waals surface area contributed by atoms with Crippen LogP contribution in [0.15, 0.2) is 23.1 Å². The quantitative estimate of drug-likeness (QED) is 0.846. The fourth-order valence-corrected chi connectivity index (χ4v) is 3.99. The van der Waals surface area contributed by atoms with E-state index in [-0.39, 0.29) is 16.8 Å². The normalized spacial score (nSPS) is 18.8. The van der Waals surface area contributed by atoms with E-state index in [1.165, 1.54) is 31.7 Å². The highest BCUT2D eigenvalue weighted by Gasteiger charge is 2.42. The van der Waals surface area contributed by atoms with Crippen LogP contribution in [0.2, 0.25) is 0 Å². The molecule has 1 aromatic rings. The Hall–Kier alpha value is -1.07. The fourth-order valence-electron chi connectivity index (χ4n) is 2.77. The molecule has 2 aliphatic rings. The molecule has 2 fully saturated rings. The molecule has 1 aromatic carbocycles. The monoisotopic (exact) mass is 327 g/mol. The SMILES string of the molecule is Cc1ccc(C(=O)NC(C2CC2)C2CC2)cc1S(=O)(=O)Cl. The van der Waals surface area contributed by atoms with Gasteiger partial charge in [0.2, 0.25) is 0 Å². The minimum atomic E-state index is -3.83. The van der Waals surface area contributed by atoms with Gasteiger partial charge in [-0.2, -0.15) is 0 Å². The lowest BCUT2D eigenvalue weighted by Gasteiger charge is -2.18. The summed E-state index contributed by atoms with van der Waals surface area (Å²) >= 11 is 0. The van der Waals surface area contributed by atoms with Crippen LogP contribution in [-0.4, -0.2) is 20.4 Å². The first kappa shape index (κ1) is 14.9. The molecule has 0 unspecified atom stereocenters. The summed E-state index contributed by atoms with van der Waals surface area (Å²) in [4.78, 5) is 12.4. The van der Waals surface area contributed by atoms with Crippen molar-refractivity contribution in [3.8, 4) is 0 Å². The van der Waals surface area contributed by atoms with Crippen LogP contribution in [0, 0.1) is 18.8 Å². The van der Waals surface area contributed by atoms with Crippen LogP contribution >= 0.6 is 10.7 Å². The molecular formula is C15H18ClNO3S. The molecule has 114 valence electrons. The topological polar surface area (TPSA) is 63.2 Å². The second-order valence-electron chi connectivity index (χ2n) is 6.09. The van der Waals surface area contributed by atoms with Gasteiger partial charge in [-0.3, -0.25) is 4.79 Å². The number of carbonyl (C=O) groups is 1. The van der Waals surface area contributed by atoms with E-state index in [2.05, 4.69) is 5.32 Å². The maximum absolute atomic E-state index is 12.4. The molecule has 0 radical (unpaired) electrons. The average Bonchev–Trinajstić information content (AvgIpc) is 3.27. The van der Waals surface area contributed by atoms with Gasteiger partial charge in [0.15, 0.2) is 0 Å². The van der Waals surface area contributed by atoms with Gasteiger partial charge in [-0.05, 0) is 62.1 Å². The van der Waals surface area contributed by atoms with Crippen LogP contribution in [0.3, 0.4) is 0 Å². The molecule has 0 aromatic heterocycles. The van der Waals surface area contributed by atoms with Crippen molar-refractivity contribution in [2.75, 3.05) is 0 Å². The maximum atomic E-state index is 12.4. The highest BCUT2D eigenvalue weighted by Crippen LogP contribution is 2.44. The summed E-state index contributed by atoms with van der Waals surface area (Å²) in [6.45, 7) is 1.66. The third-order valence-electron chi connectivity index (χ3n) is 4.27. The molecule has 4 nitrogen and oxygen atoms in total. The van der Waals surface area contributed by atoms with E-state index >= 15 is 0 Å². The number of nitrogens with one attached hydrogen (secondary N) is 1. The lowest BCUT2D eigenvalue weighted by Crippen LogP contribution is -2.38. The van der Waals surface area contributed by atoms with Crippen LogP contribution in [0.1, 0.15) is 41.6 Å². The number of hydrogen-bond acceptors (Lipinski definition) is 3. The van der Waals surface area contributed by atoms with Gasteiger partial charge in [-0.25, -0.2) is 8.42 Å². The summed E-state index contributed by atoms with van der Waals surface area (Å²) in [7, 11) is 1.57. The van der Waals surface area contributed by atoms with Gasteiger partial charge < -0.3 is 5.32 Å². The Balaban J connectivity index is 1.81. The van der Waals surface area contributed by atoms with Crippen molar-refractivity contribution in [1.29, 1.82) is 0 Å². The summed E-state index contributed by atoms with van der Waals surface area (Å²) in [6, 6.07) is 4.87. The summed E-state index contributed by atoms with van der Waals surface area (Å²) in [6.07, 6.45) is 4.71. The smallest absolute Gasteiger partial charge is 0.261 e. The summed E-state index contributed by atoms with van der Waals surface area (Å²) < 4.78 is 23.0. The Labute approximate surface area is 129 Å². The second kappa shape index (κ2) is 5.29. The number of halogens is 1. The van der Waals surface area contributed by atoms with Gasteiger partial charge in [0.05, 0.1) is 4.90 Å². The van der Waals surface area contributed by atoms with Crippen LogP contribution in [-0.2, 0) is 9.05 Å². The third kappa shape index (κ3) is 3.40. The van der Waals surface area contributed by atoms with Crippen molar-refractivity contribution in [2.24, 2.45) is 11.8 Å². The van der Waals surface area contributed by atoms with Gasteiger partial charge in [-0.15, -0.1) is 0 Å². The molecular weight excluding hydrogens is 310 g/mol. The van der Waals surface area contributed by atoms with Gasteiger partial charge >= 0.3 is 0 Å². The van der Waals surface area contributed by atoms with Gasteiger partial charge in [0.25, 0.3) is 15.0 Å². The largest absolute Gasteiger partial charge is 0.349 e. The first-order chi connectivity index (χ1) is 9.86. The molecule has 6 heteroatoms. The molecule has 2 saturated carbocycles. The molecule has 0 bridgehead atoms. The Kier molecular flexibility index (Phi) is 3.74. The van der Waals surface area contributed by atoms with Gasteiger partial charge in [0, 0.05) is 22.3 Å². The molecule has 0 atom stereocenters. The van der Waals surface area contributed by atoms with E-state index < -0.39 is 9.05 Å². The first-order valence-electron chi connectivity index (χ1n) is 7.22. The lowest BCUT2D eigenvalue weighted by molar-refractivity contribution is 0.0926. The Morgan fingerprint density at radius 3 is 2.29 bits per heavy atom. The van der Waals surface area contributed by atoms with Gasteiger partial charge in [-0.1, -0.05) is 6.07 Å². The lowest BCUT2D eigenvalue weighted by atomic mass is 10.1. The average molecular weight is 328 g/mol. The van der Waals surface area contributed by atoms with Crippen LogP contribution in [0.4, 0.5) is 0 Å². The Bertz CT molecular complexity index is 666. The van der Waals surface area contributed by atoms with Crippen molar-refractivity contribution in [3.05, 3.63) is 29.3 Å². The minimum Gasteiger partial charge on any atom is -0.349 e. The standard InChI is InChI=1S/C15H18ClNO3S/c1-9-2-3-12(8-13(9)21(16,19)20)15(18)17-14(10-4-5-10)11-6-7-11/h2-3,8,10-11,14H,4-7H2,1H3,(H,17,18). The summed E-state index contributed by atoms with van der Waals surface area (Å²) in [5.41, 5.74) is 0.897. The summed E-state index contributed by atoms with van der Waals surface area (Å²) in [5.74, 6) is 0.992. The molecule has 2 aliphatic carbocycles. The maximum Gasteiger partial charge on any atom is 0.261 e. The van der Waals surface area contributed by atoms with Crippen molar-refractivity contribution in [1.82, 2.24) is 5.32 Å². The number of rotatable bonds is 5. The molecule has 0 aliphatic heterocycles. The number of aryl methyl sites for hydroxylation is 1. The van der Waals surface area contributed by atoms with E-state index in [0.717, 1.165) is 0 Å². The van der Waals surface area contributed by atoms with Crippen molar-refractivity contribution < 1.29 is 13.2 Å². The molecule has 3 rings (SSSR count). The molecule has 0 heterocycles. The van der Waals surface area contributed by atoms with E-state index in [4.69, 9.17) is 10.7 Å². The van der Waals surface area contributed by atoms with Crippen molar-refractivity contribution in [3.63, 3.8) is 0 Å². The van der Waals surface area contributed by atoms with Crippen molar-refractivity contribution >= 4 is 25.6 Å². The summed E-state index contributed by atoms with van der Waals surface area (Å²) in [5, 5.41) is 3.08. The minimum absolute atomic E-state index is 0.00575. The predicted molar refractivity (Wildman–Crippen MR) is 80.9 cm³/mol. The Morgan fingerprint density at radius 2 is 1.81 bits per heavy atom. The molecule has 1 amide bonds. The van der Waals surface area contributed by atoms with E-state index in [9.17, 15) is 13.2 Å². The van der Waals surface area contributed by atoms with Crippen LogP contribution in [0.5, 0.6) is 0 Å². The van der Waals surface area contributed by atoms with E-state index in [1.54, 1.807) is 19.1 Å². The molecule has 1 N–H and O–H groups in total. The highest BCUT2D eigenvalue weighted by molar-refractivity contribution is 8.13. The van der Waals surface area contributed by atoms with E-state index in [0.29, 0.717) is 23.0 Å². The number of benzene rings is 1. The zero-order valence-electron chi connectivity index (χ0n) is 11.8. The third-order valence-corrected chi connectivity index (χ3v) is 5.73.